The fraction of sp³-hybridized carbons (Fsp3) is 0.333. The summed E-state index contributed by atoms with van der Waals surface area (Å²) in [5.41, 5.74) is 1.19. The number of aliphatic hydroxyl groups excluding tert-OH is 1. The van der Waals surface area contributed by atoms with Gasteiger partial charge in [0.1, 0.15) is 5.65 Å². The first-order valence-electron chi connectivity index (χ1n) is 4.40. The maximum atomic E-state index is 11.3. The van der Waals surface area contributed by atoms with Crippen molar-refractivity contribution in [3.05, 3.63) is 34.4 Å². The number of fused-ring (bicyclic) bond motifs is 1. The zero-order chi connectivity index (χ0) is 10.1. The highest BCUT2D eigenvalue weighted by atomic mass is 16.3. The Bertz CT molecular complexity index is 500. The molecule has 0 bridgehead atoms. The molecule has 0 fully saturated rings. The summed E-state index contributed by atoms with van der Waals surface area (Å²) in [6.07, 6.45) is 1.58. The summed E-state index contributed by atoms with van der Waals surface area (Å²) < 4.78 is 1.29. The van der Waals surface area contributed by atoms with Crippen LogP contribution in [0.4, 0.5) is 0 Å². The maximum Gasteiger partial charge on any atom is 0.274 e. The van der Waals surface area contributed by atoms with Crippen LogP contribution in [0.2, 0.25) is 0 Å². The molecule has 74 valence electrons. The number of aromatic amines is 1. The second-order valence-electron chi connectivity index (χ2n) is 3.27. The summed E-state index contributed by atoms with van der Waals surface area (Å²) in [6, 6.07) is 3.18. The molecule has 2 heterocycles. The first-order valence-corrected chi connectivity index (χ1v) is 4.40. The van der Waals surface area contributed by atoms with Crippen LogP contribution in [-0.4, -0.2) is 26.3 Å². The molecule has 0 aliphatic heterocycles. The number of hydrogen-bond acceptors (Lipinski definition) is 3. The van der Waals surface area contributed by atoms with Crippen LogP contribution in [0.25, 0.3) is 5.65 Å². The van der Waals surface area contributed by atoms with E-state index in [9.17, 15) is 4.79 Å². The Morgan fingerprint density at radius 3 is 3.14 bits per heavy atom. The quantitative estimate of drug-likeness (QED) is 0.711. The van der Waals surface area contributed by atoms with Crippen LogP contribution in [-0.2, 0) is 0 Å². The van der Waals surface area contributed by atoms with Gasteiger partial charge in [-0.05, 0) is 0 Å². The number of nitrogens with zero attached hydrogens (tertiary/aromatic N) is 2. The summed E-state index contributed by atoms with van der Waals surface area (Å²) in [7, 11) is 0. The lowest BCUT2D eigenvalue weighted by atomic mass is 10.1. The van der Waals surface area contributed by atoms with E-state index in [1.807, 2.05) is 6.92 Å². The minimum atomic E-state index is -0.171. The maximum absolute atomic E-state index is 11.3. The van der Waals surface area contributed by atoms with Crippen molar-refractivity contribution < 1.29 is 5.11 Å². The number of hydrogen-bond donors (Lipinski definition) is 2. The largest absolute Gasteiger partial charge is 0.396 e. The van der Waals surface area contributed by atoms with Crippen molar-refractivity contribution in [2.45, 2.75) is 12.8 Å². The molecular formula is C9H11N3O2. The van der Waals surface area contributed by atoms with Gasteiger partial charge in [-0.1, -0.05) is 6.92 Å². The van der Waals surface area contributed by atoms with E-state index in [0.717, 1.165) is 0 Å². The highest BCUT2D eigenvalue weighted by Crippen LogP contribution is 2.12. The Balaban J connectivity index is 2.62. The minimum absolute atomic E-state index is 0.0259. The SMILES string of the molecule is CC(CO)c1cc2[nH]ccc(=O)n2n1. The predicted octanol–water partition coefficient (Wildman–Crippen LogP) is 0.118. The molecule has 1 atom stereocenters. The van der Waals surface area contributed by atoms with Gasteiger partial charge in [0.25, 0.3) is 5.56 Å². The molecule has 0 aromatic carbocycles. The van der Waals surface area contributed by atoms with Crippen molar-refractivity contribution in [2.24, 2.45) is 0 Å². The van der Waals surface area contributed by atoms with Crippen LogP contribution in [0.5, 0.6) is 0 Å². The fourth-order valence-electron chi connectivity index (χ4n) is 1.27. The third kappa shape index (κ3) is 1.31. The van der Waals surface area contributed by atoms with Crippen molar-refractivity contribution >= 4 is 5.65 Å². The second-order valence-corrected chi connectivity index (χ2v) is 3.27. The number of nitrogens with one attached hydrogen (secondary N) is 1. The van der Waals surface area contributed by atoms with Gasteiger partial charge in [-0.2, -0.15) is 9.61 Å². The lowest BCUT2D eigenvalue weighted by Gasteiger charge is -2.00. The van der Waals surface area contributed by atoms with E-state index < -0.39 is 0 Å². The topological polar surface area (TPSA) is 70.4 Å². The van der Waals surface area contributed by atoms with Gasteiger partial charge < -0.3 is 10.1 Å². The van der Waals surface area contributed by atoms with Gasteiger partial charge in [0.05, 0.1) is 12.3 Å². The van der Waals surface area contributed by atoms with Crippen molar-refractivity contribution in [1.29, 1.82) is 0 Å². The van der Waals surface area contributed by atoms with Gasteiger partial charge in [-0.15, -0.1) is 0 Å². The number of H-pyrrole nitrogens is 1. The Morgan fingerprint density at radius 1 is 1.71 bits per heavy atom. The lowest BCUT2D eigenvalue weighted by Crippen LogP contribution is -2.13. The average molecular weight is 193 g/mol. The minimum Gasteiger partial charge on any atom is -0.396 e. The van der Waals surface area contributed by atoms with E-state index in [0.29, 0.717) is 11.3 Å². The van der Waals surface area contributed by atoms with E-state index in [4.69, 9.17) is 5.11 Å². The van der Waals surface area contributed by atoms with Gasteiger partial charge in [-0.3, -0.25) is 4.79 Å². The van der Waals surface area contributed by atoms with Gasteiger partial charge in [0.2, 0.25) is 0 Å². The van der Waals surface area contributed by atoms with Crippen molar-refractivity contribution in [3.8, 4) is 0 Å². The summed E-state index contributed by atoms with van der Waals surface area (Å²) in [5, 5.41) is 13.0. The van der Waals surface area contributed by atoms with E-state index in [-0.39, 0.29) is 18.1 Å². The Morgan fingerprint density at radius 2 is 2.50 bits per heavy atom. The number of aliphatic hydroxyl groups is 1. The van der Waals surface area contributed by atoms with E-state index >= 15 is 0 Å². The zero-order valence-electron chi connectivity index (χ0n) is 7.77. The molecular weight excluding hydrogens is 182 g/mol. The highest BCUT2D eigenvalue weighted by Gasteiger charge is 2.09. The molecule has 1 unspecified atom stereocenters. The summed E-state index contributed by atoms with van der Waals surface area (Å²) in [4.78, 5) is 14.2. The van der Waals surface area contributed by atoms with Crippen LogP contribution in [0, 0.1) is 0 Å². The Kier molecular flexibility index (Phi) is 2.09. The van der Waals surface area contributed by atoms with Gasteiger partial charge >= 0.3 is 0 Å². The smallest absolute Gasteiger partial charge is 0.274 e. The molecule has 2 rings (SSSR count). The molecule has 0 radical (unpaired) electrons. The van der Waals surface area contributed by atoms with Gasteiger partial charge in [0.15, 0.2) is 0 Å². The lowest BCUT2D eigenvalue weighted by molar-refractivity contribution is 0.271. The fourth-order valence-corrected chi connectivity index (χ4v) is 1.27. The third-order valence-corrected chi connectivity index (χ3v) is 2.17. The molecule has 2 N–H and O–H groups in total. The molecule has 2 aromatic heterocycles. The average Bonchev–Trinajstić information content (AvgIpc) is 2.62. The van der Waals surface area contributed by atoms with Crippen LogP contribution in [0.15, 0.2) is 23.1 Å². The second kappa shape index (κ2) is 3.26. The van der Waals surface area contributed by atoms with Crippen LogP contribution < -0.4 is 5.56 Å². The normalized spacial score (nSPS) is 13.3. The molecule has 0 saturated carbocycles. The Labute approximate surface area is 80.0 Å². The summed E-state index contributed by atoms with van der Waals surface area (Å²) in [6.45, 7) is 1.88. The molecule has 14 heavy (non-hydrogen) atoms. The van der Waals surface area contributed by atoms with Crippen LogP contribution in [0.1, 0.15) is 18.5 Å². The van der Waals surface area contributed by atoms with Gasteiger partial charge in [-0.25, -0.2) is 0 Å². The molecule has 5 heteroatoms. The highest BCUT2D eigenvalue weighted by molar-refractivity contribution is 5.39. The van der Waals surface area contributed by atoms with E-state index in [1.54, 1.807) is 12.3 Å². The Hall–Kier alpha value is -1.62. The molecule has 2 aromatic rings. The van der Waals surface area contributed by atoms with E-state index in [1.165, 1.54) is 10.6 Å². The first kappa shape index (κ1) is 8.96. The molecule has 5 nitrogen and oxygen atoms in total. The van der Waals surface area contributed by atoms with Crippen LogP contribution in [0.3, 0.4) is 0 Å². The third-order valence-electron chi connectivity index (χ3n) is 2.17. The summed E-state index contributed by atoms with van der Waals surface area (Å²) in [5.74, 6) is -0.0531. The van der Waals surface area contributed by atoms with Crippen LogP contribution >= 0.6 is 0 Å². The molecule has 0 aliphatic rings. The molecule has 0 aliphatic carbocycles. The number of aromatic nitrogens is 3. The summed E-state index contributed by atoms with van der Waals surface area (Å²) >= 11 is 0. The molecule has 0 amide bonds. The first-order chi connectivity index (χ1) is 6.72. The van der Waals surface area contributed by atoms with Crippen molar-refractivity contribution in [1.82, 2.24) is 14.6 Å². The predicted molar refractivity (Wildman–Crippen MR) is 51.3 cm³/mol. The van der Waals surface area contributed by atoms with Crippen molar-refractivity contribution in [2.75, 3.05) is 6.61 Å². The number of rotatable bonds is 2. The standard InChI is InChI=1S/C9H11N3O2/c1-6(5-13)7-4-8-10-3-2-9(14)12(8)11-7/h2-4,6,10,13H,5H2,1H3. The van der Waals surface area contributed by atoms with Crippen molar-refractivity contribution in [3.63, 3.8) is 0 Å². The van der Waals surface area contributed by atoms with Gasteiger partial charge in [0, 0.05) is 24.2 Å². The molecule has 0 spiro atoms. The zero-order valence-corrected chi connectivity index (χ0v) is 7.77. The monoisotopic (exact) mass is 193 g/mol. The molecule has 0 saturated heterocycles. The van der Waals surface area contributed by atoms with E-state index in [2.05, 4.69) is 10.1 Å².